The number of hydrogen-bond acceptors (Lipinski definition) is 12. The Morgan fingerprint density at radius 1 is 1.00 bits per heavy atom. The third-order valence-electron chi connectivity index (χ3n) is 10.2. The number of hydrogen-bond donors (Lipinski definition) is 3. The van der Waals surface area contributed by atoms with Crippen LogP contribution in [0.3, 0.4) is 0 Å². The van der Waals surface area contributed by atoms with Gasteiger partial charge in [-0.15, -0.1) is 0 Å². The Bertz CT molecular complexity index is 1340. The van der Waals surface area contributed by atoms with E-state index in [4.69, 9.17) is 23.7 Å². The molecule has 12 atom stereocenters. The fraction of sp³-hybridized carbons (Fsp3) is 0.630. The highest BCUT2D eigenvalue weighted by Gasteiger charge is 3.05. The van der Waals surface area contributed by atoms with Gasteiger partial charge in [-0.3, -0.25) is 4.79 Å². The van der Waals surface area contributed by atoms with Crippen molar-refractivity contribution >= 4 is 23.9 Å². The van der Waals surface area contributed by atoms with Crippen LogP contribution in [0.5, 0.6) is 0 Å². The number of aliphatic hydroxyl groups is 3. The maximum Gasteiger partial charge on any atom is 0.343 e. The van der Waals surface area contributed by atoms with Crippen molar-refractivity contribution in [2.24, 2.45) is 28.1 Å². The molecule has 208 valence electrons. The molecule has 4 heterocycles. The molecule has 0 radical (unpaired) electrons. The molecule has 4 saturated heterocycles. The van der Waals surface area contributed by atoms with E-state index in [-0.39, 0.29) is 5.56 Å². The SMILES string of the molecule is C[C@@H]1C(=O)OC2C(O)C34C(OC(=O)c5ccccc5)[C@@H]5OC(=O)C3(OC3OC(=O)[C@H](O)C34C5C(C)(C)C)[C@]21O. The van der Waals surface area contributed by atoms with Gasteiger partial charge < -0.3 is 39.0 Å². The lowest BCUT2D eigenvalue weighted by molar-refractivity contribution is -0.281. The summed E-state index contributed by atoms with van der Waals surface area (Å²) in [6.45, 7) is 6.65. The van der Waals surface area contributed by atoms with Crippen LogP contribution in [0.15, 0.2) is 30.3 Å². The van der Waals surface area contributed by atoms with Gasteiger partial charge in [-0.1, -0.05) is 39.0 Å². The van der Waals surface area contributed by atoms with Crippen LogP contribution in [0.25, 0.3) is 0 Å². The molecule has 4 aliphatic heterocycles. The summed E-state index contributed by atoms with van der Waals surface area (Å²) < 4.78 is 29.1. The summed E-state index contributed by atoms with van der Waals surface area (Å²) >= 11 is 0. The van der Waals surface area contributed by atoms with Crippen LogP contribution in [-0.4, -0.2) is 87.2 Å². The van der Waals surface area contributed by atoms with E-state index >= 15 is 0 Å². The monoisotopic (exact) mass is 544 g/mol. The van der Waals surface area contributed by atoms with E-state index in [9.17, 15) is 34.5 Å². The van der Waals surface area contributed by atoms with Crippen LogP contribution in [0, 0.1) is 28.1 Å². The van der Waals surface area contributed by atoms with Crippen LogP contribution in [0.1, 0.15) is 38.1 Å². The third-order valence-corrected chi connectivity index (χ3v) is 10.2. The Labute approximate surface area is 222 Å². The van der Waals surface area contributed by atoms with Crippen LogP contribution < -0.4 is 0 Å². The first kappa shape index (κ1) is 24.9. The van der Waals surface area contributed by atoms with Crippen molar-refractivity contribution in [3.63, 3.8) is 0 Å². The molecule has 8 unspecified atom stereocenters. The molecule has 0 aromatic heterocycles. The van der Waals surface area contributed by atoms with Crippen molar-refractivity contribution in [2.75, 3.05) is 0 Å². The molecule has 2 bridgehead atoms. The quantitative estimate of drug-likeness (QED) is 0.321. The molecule has 6 fully saturated rings. The molecule has 2 spiro atoms. The summed E-state index contributed by atoms with van der Waals surface area (Å²) in [7, 11) is 0. The molecule has 1 aromatic rings. The van der Waals surface area contributed by atoms with Gasteiger partial charge in [0.05, 0.1) is 22.3 Å². The maximum absolute atomic E-state index is 14.1. The highest BCUT2D eigenvalue weighted by molar-refractivity contribution is 5.94. The zero-order chi connectivity index (χ0) is 28.1. The number of benzene rings is 1. The molecule has 3 N–H and O–H groups in total. The first-order valence-electron chi connectivity index (χ1n) is 12.9. The molecular weight excluding hydrogens is 516 g/mol. The van der Waals surface area contributed by atoms with Gasteiger partial charge in [0.25, 0.3) is 0 Å². The van der Waals surface area contributed by atoms with Crippen molar-refractivity contribution in [3.8, 4) is 0 Å². The fourth-order valence-corrected chi connectivity index (χ4v) is 9.12. The average molecular weight is 545 g/mol. The number of ether oxygens (including phenoxy) is 5. The molecule has 12 nitrogen and oxygen atoms in total. The Morgan fingerprint density at radius 2 is 1.67 bits per heavy atom. The summed E-state index contributed by atoms with van der Waals surface area (Å²) in [6, 6.07) is 7.96. The van der Waals surface area contributed by atoms with Crippen molar-refractivity contribution in [1.29, 1.82) is 0 Å². The first-order chi connectivity index (χ1) is 18.2. The van der Waals surface area contributed by atoms with Gasteiger partial charge in [-0.05, 0) is 24.5 Å². The topological polar surface area (TPSA) is 175 Å². The Morgan fingerprint density at radius 3 is 2.31 bits per heavy atom. The van der Waals surface area contributed by atoms with Crippen molar-refractivity contribution in [3.05, 3.63) is 35.9 Å². The van der Waals surface area contributed by atoms with Crippen molar-refractivity contribution < 1.29 is 58.2 Å². The van der Waals surface area contributed by atoms with Gasteiger partial charge in [-0.25, -0.2) is 14.4 Å². The van der Waals surface area contributed by atoms with E-state index in [0.29, 0.717) is 0 Å². The van der Waals surface area contributed by atoms with Crippen LogP contribution in [-0.2, 0) is 38.1 Å². The minimum absolute atomic E-state index is 0.152. The largest absolute Gasteiger partial charge is 0.456 e. The highest BCUT2D eigenvalue weighted by atomic mass is 16.8. The summed E-state index contributed by atoms with van der Waals surface area (Å²) in [4.78, 5) is 53.3. The summed E-state index contributed by atoms with van der Waals surface area (Å²) in [5.41, 5.74) is -9.97. The van der Waals surface area contributed by atoms with Crippen LogP contribution >= 0.6 is 0 Å². The highest BCUT2D eigenvalue weighted by Crippen LogP contribution is 2.84. The molecule has 2 aliphatic carbocycles. The number of carbonyl (C=O) groups excluding carboxylic acids is 4. The number of aliphatic hydroxyl groups excluding tert-OH is 2. The van der Waals surface area contributed by atoms with E-state index in [1.807, 2.05) is 0 Å². The van der Waals surface area contributed by atoms with E-state index in [1.54, 1.807) is 39.0 Å². The summed E-state index contributed by atoms with van der Waals surface area (Å²) in [5, 5.41) is 36.1. The zero-order valence-corrected chi connectivity index (χ0v) is 21.5. The second-order valence-electron chi connectivity index (χ2n) is 12.5. The Kier molecular flexibility index (Phi) is 4.46. The average Bonchev–Trinajstić information content (AvgIpc) is 3.49. The second kappa shape index (κ2) is 6.98. The van der Waals surface area contributed by atoms with E-state index in [2.05, 4.69) is 0 Å². The molecule has 6 aliphatic rings. The minimum atomic E-state index is -2.60. The number of rotatable bonds is 2. The van der Waals surface area contributed by atoms with Crippen LogP contribution in [0.2, 0.25) is 0 Å². The van der Waals surface area contributed by atoms with Gasteiger partial charge in [0.1, 0.15) is 12.2 Å². The maximum atomic E-state index is 14.1. The summed E-state index contributed by atoms with van der Waals surface area (Å²) in [5.74, 6) is -6.30. The first-order valence-corrected chi connectivity index (χ1v) is 12.9. The lowest BCUT2D eigenvalue weighted by atomic mass is 9.50. The second-order valence-corrected chi connectivity index (χ2v) is 12.5. The molecule has 12 heteroatoms. The molecular formula is C27H28O12. The number of carbonyl (C=O) groups is 4. The van der Waals surface area contributed by atoms with E-state index < -0.39 is 100.0 Å². The predicted molar refractivity (Wildman–Crippen MR) is 123 cm³/mol. The van der Waals surface area contributed by atoms with Crippen molar-refractivity contribution in [2.45, 2.75) is 75.7 Å². The third kappa shape index (κ3) is 2.21. The van der Waals surface area contributed by atoms with Gasteiger partial charge in [0.15, 0.2) is 23.9 Å². The predicted octanol–water partition coefficient (Wildman–Crippen LogP) is -0.534. The Balaban J connectivity index is 1.56. The molecule has 7 rings (SSSR count). The van der Waals surface area contributed by atoms with E-state index in [1.165, 1.54) is 19.1 Å². The molecule has 2 saturated carbocycles. The van der Waals surface area contributed by atoms with Crippen molar-refractivity contribution in [1.82, 2.24) is 0 Å². The molecule has 39 heavy (non-hydrogen) atoms. The van der Waals surface area contributed by atoms with Gasteiger partial charge in [0, 0.05) is 5.92 Å². The number of fused-ring (bicyclic) bond motifs is 2. The zero-order valence-electron chi connectivity index (χ0n) is 21.5. The molecule has 1 aromatic carbocycles. The number of esters is 4. The standard InChI is InChI=1S/C27H28O12/c1-10-18(30)37-17-14(28)25-16(36-19(31)11-8-6-5-7-9-11)12-13(23(2,3)4)24(25)15(29)20(32)38-22(24)39-27(25,21(33)35-12)26(10,17)34/h5-10,12-17,22,28-29,34H,1-4H3/t10-,12-,13?,14?,15+,16?,17?,22?,24?,25?,26-,27?/m1/s1. The van der Waals surface area contributed by atoms with Crippen LogP contribution in [0.4, 0.5) is 0 Å². The lowest BCUT2D eigenvalue weighted by Crippen LogP contribution is -2.74. The van der Waals surface area contributed by atoms with Gasteiger partial charge in [0.2, 0.25) is 11.9 Å². The lowest BCUT2D eigenvalue weighted by Gasteiger charge is -2.51. The summed E-state index contributed by atoms with van der Waals surface area (Å²) in [6.07, 6.45) is -10.1. The smallest absolute Gasteiger partial charge is 0.343 e. The minimum Gasteiger partial charge on any atom is -0.456 e. The van der Waals surface area contributed by atoms with Gasteiger partial charge in [-0.2, -0.15) is 0 Å². The fourth-order valence-electron chi connectivity index (χ4n) is 9.12. The normalized spacial score (nSPS) is 50.6. The van der Waals surface area contributed by atoms with E-state index in [0.717, 1.165) is 0 Å². The Hall–Kier alpha value is -3.06. The van der Waals surface area contributed by atoms with Gasteiger partial charge >= 0.3 is 23.9 Å². The molecule has 0 amide bonds.